The Hall–Kier alpha value is -0.720. The highest BCUT2D eigenvalue weighted by Crippen LogP contribution is 2.16. The second-order valence-electron chi connectivity index (χ2n) is 4.73. The molecule has 1 heterocycles. The standard InChI is InChI=1S/C15H27N/c1-3-5-7-8-11-15-12-9-10-14-16(15)13-6-4-2/h9-10,12,14-15H,3-8,11,13H2,1-2H3. The molecule has 0 saturated heterocycles. The lowest BCUT2D eigenvalue weighted by Crippen LogP contribution is -2.31. The van der Waals surface area contributed by atoms with Gasteiger partial charge in [0.1, 0.15) is 0 Å². The Morgan fingerprint density at radius 3 is 2.50 bits per heavy atom. The Morgan fingerprint density at radius 2 is 1.75 bits per heavy atom. The van der Waals surface area contributed by atoms with E-state index in [1.54, 1.807) is 0 Å². The van der Waals surface area contributed by atoms with Crippen molar-refractivity contribution in [2.45, 2.75) is 64.8 Å². The molecule has 0 spiro atoms. The normalized spacial score (nSPS) is 19.4. The summed E-state index contributed by atoms with van der Waals surface area (Å²) in [6.07, 6.45) is 18.4. The second-order valence-corrected chi connectivity index (χ2v) is 4.73. The van der Waals surface area contributed by atoms with E-state index in [0.29, 0.717) is 6.04 Å². The minimum absolute atomic E-state index is 0.661. The Balaban J connectivity index is 2.25. The minimum Gasteiger partial charge on any atom is -0.371 e. The number of unbranched alkanes of at least 4 members (excludes halogenated alkanes) is 4. The SMILES string of the molecule is CCCCCCC1C=CC=CN1CCCC. The largest absolute Gasteiger partial charge is 0.371 e. The zero-order valence-corrected chi connectivity index (χ0v) is 11.0. The second kappa shape index (κ2) is 8.43. The smallest absolute Gasteiger partial charge is 0.0470 e. The zero-order chi connectivity index (χ0) is 11.6. The first-order valence-electron chi connectivity index (χ1n) is 6.99. The zero-order valence-electron chi connectivity index (χ0n) is 11.0. The molecule has 16 heavy (non-hydrogen) atoms. The average molecular weight is 221 g/mol. The van der Waals surface area contributed by atoms with E-state index in [1.807, 2.05) is 0 Å². The summed E-state index contributed by atoms with van der Waals surface area (Å²) >= 11 is 0. The highest BCUT2D eigenvalue weighted by molar-refractivity contribution is 5.13. The van der Waals surface area contributed by atoms with Gasteiger partial charge in [0.15, 0.2) is 0 Å². The van der Waals surface area contributed by atoms with Gasteiger partial charge in [0.25, 0.3) is 0 Å². The van der Waals surface area contributed by atoms with Gasteiger partial charge in [-0.2, -0.15) is 0 Å². The van der Waals surface area contributed by atoms with Gasteiger partial charge in [-0.3, -0.25) is 0 Å². The Bertz CT molecular complexity index is 217. The number of rotatable bonds is 8. The maximum absolute atomic E-state index is 2.51. The molecule has 1 atom stereocenters. The molecular weight excluding hydrogens is 194 g/mol. The van der Waals surface area contributed by atoms with Gasteiger partial charge in [0.05, 0.1) is 0 Å². The summed E-state index contributed by atoms with van der Waals surface area (Å²) in [5.74, 6) is 0. The number of hydrogen-bond donors (Lipinski definition) is 0. The molecule has 0 bridgehead atoms. The lowest BCUT2D eigenvalue weighted by atomic mass is 10.0. The van der Waals surface area contributed by atoms with Crippen molar-refractivity contribution >= 4 is 0 Å². The van der Waals surface area contributed by atoms with Crippen LogP contribution in [-0.2, 0) is 0 Å². The molecule has 1 rings (SSSR count). The summed E-state index contributed by atoms with van der Waals surface area (Å²) < 4.78 is 0. The van der Waals surface area contributed by atoms with E-state index < -0.39 is 0 Å². The van der Waals surface area contributed by atoms with Crippen LogP contribution in [-0.4, -0.2) is 17.5 Å². The minimum atomic E-state index is 0.661. The molecule has 0 aromatic carbocycles. The summed E-state index contributed by atoms with van der Waals surface area (Å²) in [6, 6.07) is 0.661. The third-order valence-electron chi connectivity index (χ3n) is 3.27. The molecule has 1 nitrogen and oxygen atoms in total. The van der Waals surface area contributed by atoms with Crippen LogP contribution in [0.3, 0.4) is 0 Å². The molecule has 1 heteroatoms. The van der Waals surface area contributed by atoms with E-state index >= 15 is 0 Å². The molecule has 0 fully saturated rings. The van der Waals surface area contributed by atoms with Crippen molar-refractivity contribution in [2.75, 3.05) is 6.54 Å². The van der Waals surface area contributed by atoms with Crippen LogP contribution in [0, 0.1) is 0 Å². The maximum Gasteiger partial charge on any atom is 0.0470 e. The third-order valence-corrected chi connectivity index (χ3v) is 3.27. The number of nitrogens with zero attached hydrogens (tertiary/aromatic N) is 1. The summed E-state index contributed by atoms with van der Waals surface area (Å²) in [4.78, 5) is 2.51. The van der Waals surface area contributed by atoms with Crippen LogP contribution >= 0.6 is 0 Å². The van der Waals surface area contributed by atoms with Gasteiger partial charge in [0.2, 0.25) is 0 Å². The van der Waals surface area contributed by atoms with Crippen molar-refractivity contribution in [1.82, 2.24) is 4.90 Å². The molecule has 0 aromatic rings. The van der Waals surface area contributed by atoms with E-state index in [4.69, 9.17) is 0 Å². The Labute approximate surface area is 101 Å². The van der Waals surface area contributed by atoms with Crippen LogP contribution in [0.25, 0.3) is 0 Å². The summed E-state index contributed by atoms with van der Waals surface area (Å²) in [5.41, 5.74) is 0. The van der Waals surface area contributed by atoms with Crippen LogP contribution in [0.15, 0.2) is 24.4 Å². The third kappa shape index (κ3) is 4.87. The van der Waals surface area contributed by atoms with E-state index in [9.17, 15) is 0 Å². The van der Waals surface area contributed by atoms with Crippen LogP contribution in [0.4, 0.5) is 0 Å². The van der Waals surface area contributed by atoms with Crippen molar-refractivity contribution in [3.8, 4) is 0 Å². The molecule has 0 saturated carbocycles. The summed E-state index contributed by atoms with van der Waals surface area (Å²) in [6.45, 7) is 5.76. The predicted molar refractivity (Wildman–Crippen MR) is 72.4 cm³/mol. The molecule has 0 N–H and O–H groups in total. The summed E-state index contributed by atoms with van der Waals surface area (Å²) in [5, 5.41) is 0. The van der Waals surface area contributed by atoms with Gasteiger partial charge < -0.3 is 4.90 Å². The van der Waals surface area contributed by atoms with Crippen molar-refractivity contribution in [1.29, 1.82) is 0 Å². The van der Waals surface area contributed by atoms with Crippen LogP contribution < -0.4 is 0 Å². The lowest BCUT2D eigenvalue weighted by molar-refractivity contribution is 0.291. The molecule has 0 amide bonds. The van der Waals surface area contributed by atoms with Crippen molar-refractivity contribution in [3.05, 3.63) is 24.4 Å². The van der Waals surface area contributed by atoms with Gasteiger partial charge in [-0.1, -0.05) is 58.1 Å². The topological polar surface area (TPSA) is 3.24 Å². The quantitative estimate of drug-likeness (QED) is 0.545. The molecular formula is C15H27N. The fourth-order valence-electron chi connectivity index (χ4n) is 2.20. The molecule has 1 aliphatic heterocycles. The van der Waals surface area contributed by atoms with Crippen LogP contribution in [0.2, 0.25) is 0 Å². The van der Waals surface area contributed by atoms with Crippen molar-refractivity contribution in [2.24, 2.45) is 0 Å². The fourth-order valence-corrected chi connectivity index (χ4v) is 2.20. The Morgan fingerprint density at radius 1 is 0.938 bits per heavy atom. The first-order valence-corrected chi connectivity index (χ1v) is 6.99. The van der Waals surface area contributed by atoms with Gasteiger partial charge >= 0.3 is 0 Å². The Kier molecular flexibility index (Phi) is 7.03. The first-order chi connectivity index (χ1) is 7.88. The van der Waals surface area contributed by atoms with E-state index in [2.05, 4.69) is 43.2 Å². The van der Waals surface area contributed by atoms with Crippen LogP contribution in [0.1, 0.15) is 58.8 Å². The maximum atomic E-state index is 2.51. The monoisotopic (exact) mass is 221 g/mol. The van der Waals surface area contributed by atoms with E-state index in [1.165, 1.54) is 51.5 Å². The molecule has 1 unspecified atom stereocenters. The van der Waals surface area contributed by atoms with Gasteiger partial charge in [-0.05, 0) is 25.1 Å². The molecule has 0 radical (unpaired) electrons. The highest BCUT2D eigenvalue weighted by atomic mass is 15.1. The summed E-state index contributed by atoms with van der Waals surface area (Å²) in [7, 11) is 0. The highest BCUT2D eigenvalue weighted by Gasteiger charge is 2.12. The average Bonchev–Trinajstić information content (AvgIpc) is 2.33. The molecule has 92 valence electrons. The van der Waals surface area contributed by atoms with E-state index in [-0.39, 0.29) is 0 Å². The molecule has 0 aromatic heterocycles. The number of allylic oxidation sites excluding steroid dienone is 2. The number of hydrogen-bond acceptors (Lipinski definition) is 1. The van der Waals surface area contributed by atoms with E-state index in [0.717, 1.165) is 0 Å². The fraction of sp³-hybridized carbons (Fsp3) is 0.733. The molecule has 0 aliphatic carbocycles. The molecule has 1 aliphatic rings. The van der Waals surface area contributed by atoms with Gasteiger partial charge in [-0.25, -0.2) is 0 Å². The van der Waals surface area contributed by atoms with Crippen molar-refractivity contribution in [3.63, 3.8) is 0 Å². The lowest BCUT2D eigenvalue weighted by Gasteiger charge is -2.30. The van der Waals surface area contributed by atoms with Gasteiger partial charge in [-0.15, -0.1) is 0 Å². The predicted octanol–water partition coefficient (Wildman–Crippen LogP) is 4.51. The first kappa shape index (κ1) is 13.3. The van der Waals surface area contributed by atoms with Crippen molar-refractivity contribution < 1.29 is 0 Å². The van der Waals surface area contributed by atoms with Gasteiger partial charge in [0, 0.05) is 12.6 Å². The van der Waals surface area contributed by atoms with Crippen LogP contribution in [0.5, 0.6) is 0 Å².